The molecule has 0 aliphatic carbocycles. The minimum absolute atomic E-state index is 0.278. The zero-order chi connectivity index (χ0) is 8.43. The van der Waals surface area contributed by atoms with Gasteiger partial charge >= 0.3 is 0 Å². The fraction of sp³-hybridized carbons (Fsp3) is 0.111. The van der Waals surface area contributed by atoms with Gasteiger partial charge in [-0.15, -0.1) is 0 Å². The predicted octanol–water partition coefficient (Wildman–Crippen LogP) is 2.36. The van der Waals surface area contributed by atoms with Crippen LogP contribution in [0.3, 0.4) is 0 Å². The molecule has 0 saturated carbocycles. The number of nitrogen functional groups attached to an aromatic ring is 1. The van der Waals surface area contributed by atoms with Crippen LogP contribution in [0.1, 0.15) is 11.1 Å². The maximum Gasteiger partial charge on any atom is 0.128 e. The van der Waals surface area contributed by atoms with Crippen LogP contribution in [0.4, 0.5) is 10.1 Å². The summed E-state index contributed by atoms with van der Waals surface area (Å²) in [6.07, 6.45) is 1.59. The van der Waals surface area contributed by atoms with Crippen LogP contribution in [0.25, 0.3) is 6.08 Å². The standard InChI is InChI=1S/C9H10FN/c1-3-7-4-8(11)5-9(10)6(7)2/h3-5H,1,11H2,2H3. The van der Waals surface area contributed by atoms with E-state index in [1.54, 1.807) is 19.1 Å². The monoisotopic (exact) mass is 151 g/mol. The number of anilines is 1. The Hall–Kier alpha value is -1.31. The zero-order valence-electron chi connectivity index (χ0n) is 6.39. The SMILES string of the molecule is C=Cc1cc(N)cc(F)c1C. The third kappa shape index (κ3) is 1.40. The molecule has 2 heteroatoms. The molecular weight excluding hydrogens is 141 g/mol. The minimum atomic E-state index is -0.278. The van der Waals surface area contributed by atoms with Gasteiger partial charge in [0.15, 0.2) is 0 Å². The summed E-state index contributed by atoms with van der Waals surface area (Å²) in [5, 5.41) is 0. The van der Waals surface area contributed by atoms with Crippen molar-refractivity contribution in [1.82, 2.24) is 0 Å². The van der Waals surface area contributed by atoms with Gasteiger partial charge in [-0.3, -0.25) is 0 Å². The highest BCUT2D eigenvalue weighted by Crippen LogP contribution is 2.17. The van der Waals surface area contributed by atoms with E-state index in [1.165, 1.54) is 6.07 Å². The van der Waals surface area contributed by atoms with E-state index in [-0.39, 0.29) is 5.82 Å². The van der Waals surface area contributed by atoms with Crippen LogP contribution >= 0.6 is 0 Å². The maximum atomic E-state index is 12.9. The van der Waals surface area contributed by atoms with Crippen LogP contribution in [0.5, 0.6) is 0 Å². The average Bonchev–Trinajstić information content (AvgIpc) is 1.96. The van der Waals surface area contributed by atoms with E-state index < -0.39 is 0 Å². The maximum absolute atomic E-state index is 12.9. The second-order valence-electron chi connectivity index (χ2n) is 2.42. The summed E-state index contributed by atoms with van der Waals surface area (Å²) < 4.78 is 12.9. The molecule has 11 heavy (non-hydrogen) atoms. The fourth-order valence-electron chi connectivity index (χ4n) is 0.934. The first-order chi connectivity index (χ1) is 5.15. The lowest BCUT2D eigenvalue weighted by Crippen LogP contribution is -1.92. The molecule has 0 bridgehead atoms. The average molecular weight is 151 g/mol. The van der Waals surface area contributed by atoms with Crippen molar-refractivity contribution >= 4 is 11.8 Å². The smallest absolute Gasteiger partial charge is 0.128 e. The topological polar surface area (TPSA) is 26.0 Å². The minimum Gasteiger partial charge on any atom is -0.399 e. The predicted molar refractivity (Wildman–Crippen MR) is 45.6 cm³/mol. The van der Waals surface area contributed by atoms with E-state index >= 15 is 0 Å². The van der Waals surface area contributed by atoms with Crippen LogP contribution in [0.15, 0.2) is 18.7 Å². The second kappa shape index (κ2) is 2.74. The highest BCUT2D eigenvalue weighted by molar-refractivity contribution is 5.58. The van der Waals surface area contributed by atoms with Crippen LogP contribution < -0.4 is 5.73 Å². The number of hydrogen-bond acceptors (Lipinski definition) is 1. The largest absolute Gasteiger partial charge is 0.399 e. The first kappa shape index (κ1) is 7.79. The third-order valence-corrected chi connectivity index (χ3v) is 1.63. The first-order valence-corrected chi connectivity index (χ1v) is 3.33. The van der Waals surface area contributed by atoms with Gasteiger partial charge in [0.05, 0.1) is 0 Å². The molecule has 0 unspecified atom stereocenters. The van der Waals surface area contributed by atoms with Gasteiger partial charge < -0.3 is 5.73 Å². The molecule has 0 aliphatic heterocycles. The molecule has 1 aromatic carbocycles. The van der Waals surface area contributed by atoms with E-state index in [4.69, 9.17) is 5.73 Å². The Morgan fingerprint density at radius 2 is 2.18 bits per heavy atom. The zero-order valence-corrected chi connectivity index (χ0v) is 6.39. The number of hydrogen-bond donors (Lipinski definition) is 1. The molecule has 0 atom stereocenters. The molecule has 1 aromatic rings. The summed E-state index contributed by atoms with van der Waals surface area (Å²) in [4.78, 5) is 0. The molecule has 0 heterocycles. The van der Waals surface area contributed by atoms with Crippen molar-refractivity contribution in [1.29, 1.82) is 0 Å². The molecule has 2 N–H and O–H groups in total. The van der Waals surface area contributed by atoms with Crippen molar-refractivity contribution in [2.24, 2.45) is 0 Å². The van der Waals surface area contributed by atoms with Crippen LogP contribution in [0, 0.1) is 12.7 Å². The van der Waals surface area contributed by atoms with E-state index in [9.17, 15) is 4.39 Å². The summed E-state index contributed by atoms with van der Waals surface area (Å²) in [5.74, 6) is -0.278. The van der Waals surface area contributed by atoms with E-state index in [1.807, 2.05) is 0 Å². The number of rotatable bonds is 1. The van der Waals surface area contributed by atoms with Gasteiger partial charge in [-0.05, 0) is 30.2 Å². The Morgan fingerprint density at radius 3 is 2.73 bits per heavy atom. The summed E-state index contributed by atoms with van der Waals surface area (Å²) >= 11 is 0. The number of nitrogens with two attached hydrogens (primary N) is 1. The van der Waals surface area contributed by atoms with E-state index in [0.29, 0.717) is 11.3 Å². The molecule has 1 nitrogen and oxygen atoms in total. The Bertz CT molecular complexity index is 292. The second-order valence-corrected chi connectivity index (χ2v) is 2.42. The van der Waals surface area contributed by atoms with Gasteiger partial charge in [-0.25, -0.2) is 4.39 Å². The molecule has 58 valence electrons. The molecule has 0 aliphatic rings. The Labute approximate surface area is 65.3 Å². The third-order valence-electron chi connectivity index (χ3n) is 1.63. The van der Waals surface area contributed by atoms with Crippen LogP contribution in [-0.4, -0.2) is 0 Å². The highest BCUT2D eigenvalue weighted by Gasteiger charge is 2.01. The lowest BCUT2D eigenvalue weighted by molar-refractivity contribution is 0.619. The summed E-state index contributed by atoms with van der Waals surface area (Å²) in [7, 11) is 0. The number of halogens is 1. The summed E-state index contributed by atoms with van der Waals surface area (Å²) in [5.41, 5.74) is 7.19. The van der Waals surface area contributed by atoms with Gasteiger partial charge in [0.25, 0.3) is 0 Å². The molecule has 1 rings (SSSR count). The van der Waals surface area contributed by atoms with Gasteiger partial charge in [0.2, 0.25) is 0 Å². The molecule has 0 radical (unpaired) electrons. The van der Waals surface area contributed by atoms with Crippen molar-refractivity contribution in [2.45, 2.75) is 6.92 Å². The summed E-state index contributed by atoms with van der Waals surface area (Å²) in [6, 6.07) is 3.01. The normalized spacial score (nSPS) is 9.64. The van der Waals surface area contributed by atoms with Crippen LogP contribution in [-0.2, 0) is 0 Å². The Morgan fingerprint density at radius 1 is 1.55 bits per heavy atom. The fourth-order valence-corrected chi connectivity index (χ4v) is 0.934. The van der Waals surface area contributed by atoms with Crippen molar-refractivity contribution in [3.63, 3.8) is 0 Å². The van der Waals surface area contributed by atoms with E-state index in [0.717, 1.165) is 5.56 Å². The quantitative estimate of drug-likeness (QED) is 0.612. The van der Waals surface area contributed by atoms with Crippen molar-refractivity contribution < 1.29 is 4.39 Å². The lowest BCUT2D eigenvalue weighted by Gasteiger charge is -2.02. The summed E-state index contributed by atoms with van der Waals surface area (Å²) in [6.45, 7) is 5.25. The van der Waals surface area contributed by atoms with Crippen LogP contribution in [0.2, 0.25) is 0 Å². The molecule has 0 spiro atoms. The van der Waals surface area contributed by atoms with Gasteiger partial charge in [-0.2, -0.15) is 0 Å². The highest BCUT2D eigenvalue weighted by atomic mass is 19.1. The van der Waals surface area contributed by atoms with Crippen molar-refractivity contribution in [2.75, 3.05) is 5.73 Å². The first-order valence-electron chi connectivity index (χ1n) is 3.33. The van der Waals surface area contributed by atoms with Crippen molar-refractivity contribution in [3.8, 4) is 0 Å². The van der Waals surface area contributed by atoms with E-state index in [2.05, 4.69) is 6.58 Å². The Kier molecular flexibility index (Phi) is 1.94. The van der Waals surface area contributed by atoms with Crippen molar-refractivity contribution in [3.05, 3.63) is 35.7 Å². The molecule has 0 fully saturated rings. The molecular formula is C9H10FN. The van der Waals surface area contributed by atoms with Gasteiger partial charge in [0, 0.05) is 5.69 Å². The molecule has 0 saturated heterocycles. The molecule has 0 aromatic heterocycles. The number of benzene rings is 1. The van der Waals surface area contributed by atoms with Gasteiger partial charge in [-0.1, -0.05) is 12.7 Å². The lowest BCUT2D eigenvalue weighted by atomic mass is 10.1. The van der Waals surface area contributed by atoms with Gasteiger partial charge in [0.1, 0.15) is 5.82 Å². The molecule has 0 amide bonds. The Balaban J connectivity index is 3.35.